The summed E-state index contributed by atoms with van der Waals surface area (Å²) in [7, 11) is 0. The van der Waals surface area contributed by atoms with Gasteiger partial charge in [-0.2, -0.15) is 0 Å². The molecule has 0 spiro atoms. The number of para-hydroxylation sites is 1. The number of nitrogens with two attached hydrogens (primary N) is 2. The van der Waals surface area contributed by atoms with Gasteiger partial charge < -0.3 is 0 Å². The van der Waals surface area contributed by atoms with E-state index in [1.54, 1.807) is 0 Å². The largest absolute Gasteiger partial charge is 0.255 e. The maximum Gasteiger partial charge on any atom is 0.181 e. The molecule has 0 saturated heterocycles. The lowest BCUT2D eigenvalue weighted by Crippen LogP contribution is -2.36. The molecule has 5 nitrogen and oxygen atoms in total. The Kier molecular flexibility index (Phi) is 3.25. The van der Waals surface area contributed by atoms with Crippen LogP contribution in [0.3, 0.4) is 0 Å². The summed E-state index contributed by atoms with van der Waals surface area (Å²) < 4.78 is 11.9. The first-order chi connectivity index (χ1) is 7.66. The molecular weight excluding hydrogens is 224 g/mol. The first kappa shape index (κ1) is 11.2. The van der Waals surface area contributed by atoms with Crippen molar-refractivity contribution in [3.05, 3.63) is 42.1 Å². The van der Waals surface area contributed by atoms with Crippen LogP contribution in [0.25, 0.3) is 10.9 Å². The second kappa shape index (κ2) is 4.67. The lowest BCUT2D eigenvalue weighted by Gasteiger charge is -2.11. The van der Waals surface area contributed by atoms with Gasteiger partial charge in [0.25, 0.3) is 0 Å². The SMILES string of the molecule is NN(Cc1ccc2ccccc2n1)S(N)=O. The van der Waals surface area contributed by atoms with Crippen LogP contribution in [0.4, 0.5) is 0 Å². The molecule has 0 aliphatic heterocycles. The zero-order chi connectivity index (χ0) is 11.5. The quantitative estimate of drug-likeness (QED) is 0.599. The molecule has 16 heavy (non-hydrogen) atoms. The summed E-state index contributed by atoms with van der Waals surface area (Å²) in [6.45, 7) is 0.258. The molecular formula is C10H12N4OS. The van der Waals surface area contributed by atoms with Gasteiger partial charge in [0.15, 0.2) is 11.2 Å². The summed E-state index contributed by atoms with van der Waals surface area (Å²) in [6, 6.07) is 11.6. The highest BCUT2D eigenvalue weighted by molar-refractivity contribution is 7.80. The van der Waals surface area contributed by atoms with Crippen molar-refractivity contribution in [2.45, 2.75) is 6.54 Å². The average Bonchev–Trinajstić information content (AvgIpc) is 2.28. The average molecular weight is 236 g/mol. The molecule has 0 aliphatic rings. The third-order valence-electron chi connectivity index (χ3n) is 2.21. The van der Waals surface area contributed by atoms with Gasteiger partial charge in [-0.05, 0) is 12.1 Å². The summed E-state index contributed by atoms with van der Waals surface area (Å²) >= 11 is -1.67. The fourth-order valence-corrected chi connectivity index (χ4v) is 1.68. The predicted molar refractivity (Wildman–Crippen MR) is 63.8 cm³/mol. The Bertz CT molecular complexity index is 531. The number of hydrazine groups is 1. The summed E-state index contributed by atoms with van der Waals surface area (Å²) in [4.78, 5) is 4.39. The van der Waals surface area contributed by atoms with Crippen molar-refractivity contribution >= 4 is 22.1 Å². The number of hydrogen-bond donors (Lipinski definition) is 2. The van der Waals surface area contributed by atoms with Crippen LogP contribution in [0, 0.1) is 0 Å². The summed E-state index contributed by atoms with van der Waals surface area (Å²) in [5.74, 6) is 5.46. The first-order valence-electron chi connectivity index (χ1n) is 4.70. The summed E-state index contributed by atoms with van der Waals surface area (Å²) in [5.41, 5.74) is 1.62. The molecule has 1 aromatic heterocycles. The molecule has 6 heteroatoms. The van der Waals surface area contributed by atoms with E-state index in [4.69, 9.17) is 11.0 Å². The molecule has 0 saturated carbocycles. The Morgan fingerprint density at radius 2 is 2.00 bits per heavy atom. The number of nitrogens with zero attached hydrogens (tertiary/aromatic N) is 2. The molecule has 0 fully saturated rings. The van der Waals surface area contributed by atoms with E-state index in [0.717, 1.165) is 21.0 Å². The molecule has 4 N–H and O–H groups in total. The minimum atomic E-state index is -1.67. The molecule has 1 heterocycles. The molecule has 0 bridgehead atoms. The van der Waals surface area contributed by atoms with E-state index in [9.17, 15) is 4.21 Å². The van der Waals surface area contributed by atoms with Crippen LogP contribution in [0.1, 0.15) is 5.69 Å². The lowest BCUT2D eigenvalue weighted by molar-refractivity contribution is 0.457. The fourth-order valence-electron chi connectivity index (χ4n) is 1.42. The van der Waals surface area contributed by atoms with Crippen LogP contribution < -0.4 is 11.0 Å². The van der Waals surface area contributed by atoms with Gasteiger partial charge in [-0.3, -0.25) is 10.8 Å². The van der Waals surface area contributed by atoms with Crippen molar-refractivity contribution in [3.63, 3.8) is 0 Å². The van der Waals surface area contributed by atoms with E-state index in [0.29, 0.717) is 0 Å². The van der Waals surface area contributed by atoms with Gasteiger partial charge in [-0.1, -0.05) is 24.3 Å². The molecule has 1 unspecified atom stereocenters. The van der Waals surface area contributed by atoms with Crippen LogP contribution in [0.2, 0.25) is 0 Å². The Morgan fingerprint density at radius 1 is 1.25 bits per heavy atom. The van der Waals surface area contributed by atoms with Crippen molar-refractivity contribution in [3.8, 4) is 0 Å². The molecule has 0 aliphatic carbocycles. The van der Waals surface area contributed by atoms with Crippen molar-refractivity contribution < 1.29 is 4.21 Å². The summed E-state index contributed by atoms with van der Waals surface area (Å²) in [6.07, 6.45) is 0. The number of pyridine rings is 1. The van der Waals surface area contributed by atoms with Crippen molar-refractivity contribution in [1.29, 1.82) is 0 Å². The Balaban J connectivity index is 2.29. The fraction of sp³-hybridized carbons (Fsp3) is 0.100. The highest BCUT2D eigenvalue weighted by Gasteiger charge is 2.06. The first-order valence-corrected chi connectivity index (χ1v) is 5.87. The Morgan fingerprint density at radius 3 is 2.75 bits per heavy atom. The Hall–Kier alpha value is -1.34. The van der Waals surface area contributed by atoms with Gasteiger partial charge in [0, 0.05) is 5.39 Å². The van der Waals surface area contributed by atoms with Crippen LogP contribution in [0.5, 0.6) is 0 Å². The van der Waals surface area contributed by atoms with Crippen molar-refractivity contribution in [2.24, 2.45) is 11.0 Å². The van der Waals surface area contributed by atoms with Crippen LogP contribution in [0.15, 0.2) is 36.4 Å². The van der Waals surface area contributed by atoms with E-state index in [-0.39, 0.29) is 6.54 Å². The number of rotatable bonds is 3. The molecule has 2 aromatic rings. The van der Waals surface area contributed by atoms with Crippen molar-refractivity contribution in [1.82, 2.24) is 9.40 Å². The normalized spacial score (nSPS) is 13.2. The zero-order valence-corrected chi connectivity index (χ0v) is 9.35. The third kappa shape index (κ3) is 2.42. The minimum Gasteiger partial charge on any atom is -0.255 e. The summed E-state index contributed by atoms with van der Waals surface area (Å²) in [5, 5.41) is 6.20. The number of hydrogen-bond acceptors (Lipinski definition) is 3. The van der Waals surface area contributed by atoms with E-state index < -0.39 is 11.2 Å². The van der Waals surface area contributed by atoms with Crippen LogP contribution in [-0.4, -0.2) is 13.6 Å². The molecule has 1 aromatic carbocycles. The highest BCUT2D eigenvalue weighted by atomic mass is 32.2. The monoisotopic (exact) mass is 236 g/mol. The molecule has 0 amide bonds. The topological polar surface area (TPSA) is 85.2 Å². The van der Waals surface area contributed by atoms with E-state index in [1.807, 2.05) is 36.4 Å². The lowest BCUT2D eigenvalue weighted by atomic mass is 10.2. The maximum absolute atomic E-state index is 10.9. The van der Waals surface area contributed by atoms with Gasteiger partial charge >= 0.3 is 0 Å². The minimum absolute atomic E-state index is 0.258. The van der Waals surface area contributed by atoms with Gasteiger partial charge in [-0.15, -0.1) is 4.41 Å². The van der Waals surface area contributed by atoms with Crippen LogP contribution >= 0.6 is 0 Å². The van der Waals surface area contributed by atoms with E-state index >= 15 is 0 Å². The highest BCUT2D eigenvalue weighted by Crippen LogP contribution is 2.12. The number of aromatic nitrogens is 1. The standard InChI is InChI=1S/C10H12N4OS/c11-14(16(12)15)7-9-6-5-8-3-1-2-4-10(8)13-9/h1-6H,7,11-12H2. The van der Waals surface area contributed by atoms with Gasteiger partial charge in [0.1, 0.15) is 0 Å². The maximum atomic E-state index is 10.9. The molecule has 84 valence electrons. The molecule has 0 radical (unpaired) electrons. The molecule has 1 atom stereocenters. The number of fused-ring (bicyclic) bond motifs is 1. The van der Waals surface area contributed by atoms with E-state index in [2.05, 4.69) is 4.98 Å². The second-order valence-corrected chi connectivity index (χ2v) is 4.37. The smallest absolute Gasteiger partial charge is 0.181 e. The van der Waals surface area contributed by atoms with Crippen molar-refractivity contribution in [2.75, 3.05) is 0 Å². The second-order valence-electron chi connectivity index (χ2n) is 3.35. The molecule has 2 rings (SSSR count). The Labute approximate surface area is 95.8 Å². The van der Waals surface area contributed by atoms with Crippen LogP contribution in [-0.2, 0) is 17.7 Å². The van der Waals surface area contributed by atoms with Gasteiger partial charge in [-0.25, -0.2) is 9.35 Å². The van der Waals surface area contributed by atoms with E-state index in [1.165, 1.54) is 0 Å². The van der Waals surface area contributed by atoms with Gasteiger partial charge in [0.05, 0.1) is 17.8 Å². The zero-order valence-electron chi connectivity index (χ0n) is 8.54. The third-order valence-corrected chi connectivity index (χ3v) is 2.80. The van der Waals surface area contributed by atoms with Gasteiger partial charge in [0.2, 0.25) is 0 Å². The predicted octanol–water partition coefficient (Wildman–Crippen LogP) is 0.448. The number of benzene rings is 1.